The predicted molar refractivity (Wildman–Crippen MR) is 242 cm³/mol. The second kappa shape index (κ2) is 30.3. The summed E-state index contributed by atoms with van der Waals surface area (Å²) in [5.41, 5.74) is 16.3. The number of aliphatic hydroxyl groups excluding tert-OH is 2. The first kappa shape index (κ1) is 61.9. The largest absolute Gasteiger partial charge is 0.481 e. The first-order valence-corrected chi connectivity index (χ1v) is 22.9. The van der Waals surface area contributed by atoms with Crippen LogP contribution < -0.4 is 59.7 Å². The van der Waals surface area contributed by atoms with E-state index in [4.69, 9.17) is 22.3 Å². The normalized spacial score (nSPS) is 16.0. The lowest BCUT2D eigenvalue weighted by atomic mass is 10.0. The maximum atomic E-state index is 13.7. The summed E-state index contributed by atoms with van der Waals surface area (Å²) >= 11 is 1.28. The van der Waals surface area contributed by atoms with Crippen molar-refractivity contribution >= 4 is 82.8 Å². The van der Waals surface area contributed by atoms with Gasteiger partial charge in [-0.2, -0.15) is 11.8 Å². The molecule has 0 aliphatic carbocycles. The first-order chi connectivity index (χ1) is 31.4. The molecule has 0 bridgehead atoms. The van der Waals surface area contributed by atoms with Crippen molar-refractivity contribution in [2.75, 3.05) is 12.0 Å². The van der Waals surface area contributed by atoms with Crippen LogP contribution in [0.25, 0.3) is 0 Å². The minimum Gasteiger partial charge on any atom is -0.481 e. The SMILES string of the molecule is CSCC[C@H](NC(=O)[C@@H](NC(=O)[C@@H](NC(=O)[C@H](CC(N)=O)NC(=O)[C@H](C)NC(=O)[C@@H](NC(=O)[C@H](CCC(=O)O)NC(=O)[C@@H](N)C(C)C)[C@@H](C)O)C(C)C)[C@@H](C)O)C(=O)N[C@@H](CCC(N)=O)C(=O)O. The molecule has 0 aromatic heterocycles. The molecule has 0 heterocycles. The van der Waals surface area contributed by atoms with Gasteiger partial charge in [0.1, 0.15) is 48.3 Å². The Hall–Kier alpha value is -6.13. The number of nitrogens with two attached hydrogens (primary N) is 3. The Morgan fingerprint density at radius 1 is 0.471 bits per heavy atom. The maximum absolute atomic E-state index is 13.7. The van der Waals surface area contributed by atoms with Gasteiger partial charge in [-0.1, -0.05) is 27.7 Å². The Kier molecular flexibility index (Phi) is 27.6. The smallest absolute Gasteiger partial charge is 0.326 e. The number of nitrogens with one attached hydrogen (secondary N) is 8. The number of hydrogen-bond donors (Lipinski definition) is 15. The molecule has 0 radical (unpaired) electrons. The number of carboxylic acid groups (broad SMARTS) is 2. The Morgan fingerprint density at radius 3 is 1.34 bits per heavy atom. The molecule has 0 aliphatic heterocycles. The van der Waals surface area contributed by atoms with E-state index in [1.165, 1.54) is 25.6 Å². The van der Waals surface area contributed by atoms with Crippen LogP contribution in [0.1, 0.15) is 87.0 Å². The van der Waals surface area contributed by atoms with E-state index in [9.17, 15) is 72.9 Å². The summed E-state index contributed by atoms with van der Waals surface area (Å²) in [5.74, 6) is -13.9. The quantitative estimate of drug-likeness (QED) is 0.0298. The lowest BCUT2D eigenvalue weighted by molar-refractivity contribution is -0.143. The highest BCUT2D eigenvalue weighted by Gasteiger charge is 2.37. The van der Waals surface area contributed by atoms with Crippen LogP contribution in [0.5, 0.6) is 0 Å². The van der Waals surface area contributed by atoms with Crippen LogP contribution in [0.4, 0.5) is 0 Å². The van der Waals surface area contributed by atoms with Crippen LogP contribution in [0, 0.1) is 11.8 Å². The van der Waals surface area contributed by atoms with Gasteiger partial charge in [-0.25, -0.2) is 4.79 Å². The molecule has 0 unspecified atom stereocenters. The number of carbonyl (C=O) groups excluding carboxylic acids is 10. The molecular formula is C40H69N11O16S. The highest BCUT2D eigenvalue weighted by molar-refractivity contribution is 7.98. The second-order valence-electron chi connectivity index (χ2n) is 16.7. The molecule has 0 rings (SSSR count). The molecule has 0 aliphatic rings. The highest BCUT2D eigenvalue weighted by atomic mass is 32.2. The summed E-state index contributed by atoms with van der Waals surface area (Å²) in [6.07, 6.45) is -4.16. The van der Waals surface area contributed by atoms with Crippen molar-refractivity contribution < 1.29 is 78.0 Å². The lowest BCUT2D eigenvalue weighted by Gasteiger charge is -2.29. The summed E-state index contributed by atoms with van der Waals surface area (Å²) in [5, 5.41) is 57.9. The minimum atomic E-state index is -1.79. The van der Waals surface area contributed by atoms with E-state index in [1.807, 2.05) is 0 Å². The van der Waals surface area contributed by atoms with Gasteiger partial charge >= 0.3 is 11.9 Å². The van der Waals surface area contributed by atoms with Crippen molar-refractivity contribution in [3.8, 4) is 0 Å². The monoisotopic (exact) mass is 991 g/mol. The minimum absolute atomic E-state index is 0.0366. The number of aliphatic carboxylic acids is 2. The van der Waals surface area contributed by atoms with E-state index in [0.717, 1.165) is 20.8 Å². The number of carboxylic acids is 2. The molecule has 11 atom stereocenters. The molecule has 0 aromatic carbocycles. The van der Waals surface area contributed by atoms with Crippen LogP contribution in [0.15, 0.2) is 0 Å². The molecule has 0 aromatic rings. The molecule has 0 spiro atoms. The standard InChI is InChI=1S/C40H69N11O16S/c1-16(2)28(43)36(62)45-21(10-12-27(56)57)34(60)50-30(19(6)52)38(64)44-18(5)32(58)48-24(15-26(42)55)35(61)49-29(17(3)4)37(63)51-31(20(7)53)39(65)46-22(13-14-68-8)33(59)47-23(40(66)67)9-11-25(41)54/h16-24,28-31,52-53H,9-15,43H2,1-8H3,(H2,41,54)(H2,42,55)(H,44,64)(H,45,62)(H,46,65)(H,47,59)(H,48,58)(H,49,61)(H,50,60)(H,51,63)(H,56,57)(H,66,67)/t18-,19+,20+,21-,22-,23-,24-,28-,29-,30-,31-/m0/s1. The average molecular weight is 992 g/mol. The number of amides is 10. The van der Waals surface area contributed by atoms with Crippen LogP contribution >= 0.6 is 11.8 Å². The third-order valence-electron chi connectivity index (χ3n) is 10.0. The van der Waals surface area contributed by atoms with Gasteiger partial charge in [-0.05, 0) is 63.9 Å². The lowest BCUT2D eigenvalue weighted by Crippen LogP contribution is -2.63. The van der Waals surface area contributed by atoms with Crippen LogP contribution in [-0.4, -0.2) is 170 Å². The van der Waals surface area contributed by atoms with E-state index >= 15 is 0 Å². The van der Waals surface area contributed by atoms with Crippen molar-refractivity contribution in [2.45, 2.75) is 154 Å². The van der Waals surface area contributed by atoms with Crippen molar-refractivity contribution in [1.82, 2.24) is 42.5 Å². The van der Waals surface area contributed by atoms with Gasteiger partial charge in [0.05, 0.1) is 24.7 Å². The zero-order chi connectivity index (χ0) is 52.7. The van der Waals surface area contributed by atoms with Gasteiger partial charge < -0.3 is 80.2 Å². The molecule has 28 heteroatoms. The fraction of sp³-hybridized carbons (Fsp3) is 0.700. The van der Waals surface area contributed by atoms with E-state index in [2.05, 4.69) is 42.5 Å². The van der Waals surface area contributed by atoms with Crippen LogP contribution in [-0.2, 0) is 57.5 Å². The molecular weight excluding hydrogens is 923 g/mol. The average Bonchev–Trinajstić information content (AvgIpc) is 3.23. The van der Waals surface area contributed by atoms with Crippen molar-refractivity contribution in [2.24, 2.45) is 29.0 Å². The number of thioether (sulfide) groups is 1. The second-order valence-corrected chi connectivity index (χ2v) is 17.6. The van der Waals surface area contributed by atoms with Crippen molar-refractivity contribution in [3.05, 3.63) is 0 Å². The summed E-state index contributed by atoms with van der Waals surface area (Å²) in [7, 11) is 0. The molecule has 10 amide bonds. The molecule has 27 nitrogen and oxygen atoms in total. The highest BCUT2D eigenvalue weighted by Crippen LogP contribution is 2.10. The molecule has 386 valence electrons. The van der Waals surface area contributed by atoms with Gasteiger partial charge in [0.2, 0.25) is 59.1 Å². The van der Waals surface area contributed by atoms with Gasteiger partial charge in [0, 0.05) is 12.8 Å². The number of carbonyl (C=O) groups is 12. The van der Waals surface area contributed by atoms with Gasteiger partial charge in [-0.3, -0.25) is 52.7 Å². The van der Waals surface area contributed by atoms with Crippen LogP contribution in [0.3, 0.4) is 0 Å². The summed E-state index contributed by atoms with van der Waals surface area (Å²) in [6.45, 7) is 9.58. The topological polar surface area (TPSA) is 460 Å². The summed E-state index contributed by atoms with van der Waals surface area (Å²) < 4.78 is 0. The van der Waals surface area contributed by atoms with Gasteiger partial charge in [-0.15, -0.1) is 0 Å². The summed E-state index contributed by atoms with van der Waals surface area (Å²) in [4.78, 5) is 153. The number of rotatable bonds is 32. The molecule has 0 saturated carbocycles. The number of hydrogen-bond acceptors (Lipinski definition) is 16. The third kappa shape index (κ3) is 22.6. The Morgan fingerprint density at radius 2 is 0.882 bits per heavy atom. The van der Waals surface area contributed by atoms with Crippen molar-refractivity contribution in [1.29, 1.82) is 0 Å². The van der Waals surface area contributed by atoms with E-state index in [1.54, 1.807) is 20.1 Å². The van der Waals surface area contributed by atoms with Gasteiger partial charge in [0.25, 0.3) is 0 Å². The molecule has 68 heavy (non-hydrogen) atoms. The maximum Gasteiger partial charge on any atom is 0.326 e. The summed E-state index contributed by atoms with van der Waals surface area (Å²) in [6, 6.07) is -14.0. The van der Waals surface area contributed by atoms with Gasteiger partial charge in [0.15, 0.2) is 0 Å². The zero-order valence-electron chi connectivity index (χ0n) is 39.3. The zero-order valence-corrected chi connectivity index (χ0v) is 40.1. The fourth-order valence-electron chi connectivity index (χ4n) is 5.86. The Balaban J connectivity index is 6.20. The van der Waals surface area contributed by atoms with E-state index in [0.29, 0.717) is 0 Å². The first-order valence-electron chi connectivity index (χ1n) is 21.5. The predicted octanol–water partition coefficient (Wildman–Crippen LogP) is -5.87. The molecule has 0 saturated heterocycles. The fourth-order valence-corrected chi connectivity index (χ4v) is 6.33. The van der Waals surface area contributed by atoms with Crippen LogP contribution in [0.2, 0.25) is 0 Å². The third-order valence-corrected chi connectivity index (χ3v) is 10.6. The number of primary amides is 2. The molecule has 0 fully saturated rings. The van der Waals surface area contributed by atoms with E-state index < -0.39 is 163 Å². The van der Waals surface area contributed by atoms with Crippen molar-refractivity contribution in [3.63, 3.8) is 0 Å². The Bertz CT molecular complexity index is 1820. The Labute approximate surface area is 397 Å². The number of aliphatic hydroxyl groups is 2. The molecule has 18 N–H and O–H groups in total. The van der Waals surface area contributed by atoms with E-state index in [-0.39, 0.29) is 30.9 Å².